The molecule has 0 aliphatic carbocycles. The maximum absolute atomic E-state index is 12.3. The molecule has 0 aromatic carbocycles. The Kier molecular flexibility index (Phi) is 3.54. The Morgan fingerprint density at radius 3 is 2.77 bits per heavy atom. The first-order valence-corrected chi connectivity index (χ1v) is 7.96. The Morgan fingerprint density at radius 1 is 1.36 bits per heavy atom. The number of carbonyl (C=O) groups excluding carboxylic acids is 1. The van der Waals surface area contributed by atoms with Gasteiger partial charge in [0.1, 0.15) is 11.4 Å². The molecule has 1 amide bonds. The van der Waals surface area contributed by atoms with Gasteiger partial charge in [-0.2, -0.15) is 0 Å². The minimum Gasteiger partial charge on any atom is -0.444 e. The number of rotatable bonds is 0. The van der Waals surface area contributed by atoms with Crippen molar-refractivity contribution in [1.29, 1.82) is 0 Å². The van der Waals surface area contributed by atoms with Crippen molar-refractivity contribution >= 4 is 11.9 Å². The smallest absolute Gasteiger partial charge is 0.410 e. The zero-order valence-corrected chi connectivity index (χ0v) is 14.1. The van der Waals surface area contributed by atoms with E-state index in [1.165, 1.54) is 11.1 Å². The summed E-state index contributed by atoms with van der Waals surface area (Å²) in [6.07, 6.45) is 2.67. The molecule has 0 unspecified atom stereocenters. The van der Waals surface area contributed by atoms with Crippen LogP contribution in [-0.2, 0) is 11.2 Å². The van der Waals surface area contributed by atoms with Gasteiger partial charge in [0, 0.05) is 25.3 Å². The lowest BCUT2D eigenvalue weighted by Crippen LogP contribution is -2.58. The number of amides is 1. The van der Waals surface area contributed by atoms with Gasteiger partial charge in [0.2, 0.25) is 0 Å². The maximum atomic E-state index is 12.3. The number of aryl methyl sites for hydroxylation is 1. The molecule has 1 aromatic heterocycles. The molecule has 2 atom stereocenters. The van der Waals surface area contributed by atoms with Crippen LogP contribution in [0.15, 0.2) is 12.3 Å². The minimum absolute atomic E-state index is 0.209. The van der Waals surface area contributed by atoms with Crippen LogP contribution < -0.4 is 4.90 Å². The highest BCUT2D eigenvalue weighted by Gasteiger charge is 2.41. The Hall–Kier alpha value is -1.78. The summed E-state index contributed by atoms with van der Waals surface area (Å²) in [6.45, 7) is 11.3. The largest absolute Gasteiger partial charge is 0.444 e. The van der Waals surface area contributed by atoms with Crippen molar-refractivity contribution in [3.63, 3.8) is 0 Å². The number of pyridine rings is 1. The summed E-state index contributed by atoms with van der Waals surface area (Å²) < 4.78 is 5.52. The van der Waals surface area contributed by atoms with Gasteiger partial charge in [-0.3, -0.25) is 0 Å². The number of piperazine rings is 1. The second-order valence-electron chi connectivity index (χ2n) is 7.49. The topological polar surface area (TPSA) is 45.7 Å². The van der Waals surface area contributed by atoms with Gasteiger partial charge in [-0.05, 0) is 52.2 Å². The van der Waals surface area contributed by atoms with Crippen molar-refractivity contribution in [3.8, 4) is 0 Å². The molecule has 0 bridgehead atoms. The molecule has 1 fully saturated rings. The summed E-state index contributed by atoms with van der Waals surface area (Å²) >= 11 is 0. The molecule has 3 rings (SSSR count). The van der Waals surface area contributed by atoms with E-state index in [0.717, 1.165) is 12.2 Å². The molecule has 5 heteroatoms. The van der Waals surface area contributed by atoms with Crippen LogP contribution in [0.1, 0.15) is 38.8 Å². The normalized spacial score (nSPS) is 24.0. The molecule has 0 spiro atoms. The highest BCUT2D eigenvalue weighted by molar-refractivity contribution is 5.69. The third-order valence-electron chi connectivity index (χ3n) is 4.22. The zero-order chi connectivity index (χ0) is 16.1. The third-order valence-corrected chi connectivity index (χ3v) is 4.22. The summed E-state index contributed by atoms with van der Waals surface area (Å²) in [5, 5.41) is 0. The van der Waals surface area contributed by atoms with E-state index in [1.807, 2.05) is 31.9 Å². The lowest BCUT2D eigenvalue weighted by atomic mass is 10.1. The van der Waals surface area contributed by atoms with Crippen LogP contribution in [0.4, 0.5) is 10.6 Å². The molecule has 3 heterocycles. The summed E-state index contributed by atoms with van der Waals surface area (Å²) in [5.74, 6) is 1.09. The SMILES string of the molecule is Cc1cnc2c(c1)C[C@@H]1CN(C(=O)OC(C)(C)C)C[C@@H](C)N21. The average Bonchev–Trinajstić information content (AvgIpc) is 2.74. The third kappa shape index (κ3) is 2.76. The summed E-state index contributed by atoms with van der Waals surface area (Å²) in [6, 6.07) is 2.77. The van der Waals surface area contributed by atoms with E-state index in [0.29, 0.717) is 19.1 Å². The van der Waals surface area contributed by atoms with E-state index in [9.17, 15) is 4.79 Å². The van der Waals surface area contributed by atoms with E-state index >= 15 is 0 Å². The first kappa shape index (κ1) is 15.1. The molecule has 0 saturated carbocycles. The fraction of sp³-hybridized carbons (Fsp3) is 0.647. The van der Waals surface area contributed by atoms with Crippen LogP contribution in [-0.4, -0.2) is 46.8 Å². The molecular formula is C17H25N3O2. The summed E-state index contributed by atoms with van der Waals surface area (Å²) in [5.41, 5.74) is 2.03. The van der Waals surface area contributed by atoms with Gasteiger partial charge >= 0.3 is 6.09 Å². The van der Waals surface area contributed by atoms with Crippen molar-refractivity contribution < 1.29 is 9.53 Å². The molecule has 120 valence electrons. The van der Waals surface area contributed by atoms with Crippen LogP contribution in [0.25, 0.3) is 0 Å². The van der Waals surface area contributed by atoms with Crippen LogP contribution >= 0.6 is 0 Å². The molecule has 1 saturated heterocycles. The number of ether oxygens (including phenoxy) is 1. The van der Waals surface area contributed by atoms with Crippen molar-refractivity contribution in [2.24, 2.45) is 0 Å². The summed E-state index contributed by atoms with van der Waals surface area (Å²) in [7, 11) is 0. The fourth-order valence-corrected chi connectivity index (χ4v) is 3.46. The number of carbonyl (C=O) groups is 1. The molecule has 2 aliphatic rings. The van der Waals surface area contributed by atoms with Gasteiger partial charge in [0.25, 0.3) is 0 Å². The number of anilines is 1. The first-order valence-electron chi connectivity index (χ1n) is 7.96. The van der Waals surface area contributed by atoms with E-state index in [1.54, 1.807) is 0 Å². The van der Waals surface area contributed by atoms with Crippen molar-refractivity contribution in [3.05, 3.63) is 23.4 Å². The number of hydrogen-bond acceptors (Lipinski definition) is 4. The molecular weight excluding hydrogens is 278 g/mol. The number of hydrogen-bond donors (Lipinski definition) is 0. The summed E-state index contributed by atoms with van der Waals surface area (Å²) in [4.78, 5) is 21.2. The van der Waals surface area contributed by atoms with Crippen LogP contribution in [0, 0.1) is 6.92 Å². The Morgan fingerprint density at radius 2 is 2.09 bits per heavy atom. The minimum atomic E-state index is -0.450. The average molecular weight is 303 g/mol. The lowest BCUT2D eigenvalue weighted by Gasteiger charge is -2.43. The molecule has 1 aromatic rings. The maximum Gasteiger partial charge on any atom is 0.410 e. The second kappa shape index (κ2) is 5.14. The Labute approximate surface area is 132 Å². The number of nitrogens with zero attached hydrogens (tertiary/aromatic N) is 3. The molecule has 0 radical (unpaired) electrons. The molecule has 5 nitrogen and oxygen atoms in total. The zero-order valence-electron chi connectivity index (χ0n) is 14.1. The number of fused-ring (bicyclic) bond motifs is 3. The van der Waals surface area contributed by atoms with E-state index in [2.05, 4.69) is 29.8 Å². The van der Waals surface area contributed by atoms with Crippen molar-refractivity contribution in [2.45, 2.75) is 58.7 Å². The Balaban J connectivity index is 1.77. The highest BCUT2D eigenvalue weighted by atomic mass is 16.6. The van der Waals surface area contributed by atoms with Crippen molar-refractivity contribution in [1.82, 2.24) is 9.88 Å². The van der Waals surface area contributed by atoms with E-state index in [-0.39, 0.29) is 12.1 Å². The second-order valence-corrected chi connectivity index (χ2v) is 7.49. The van der Waals surface area contributed by atoms with E-state index in [4.69, 9.17) is 4.74 Å². The monoisotopic (exact) mass is 303 g/mol. The van der Waals surface area contributed by atoms with Gasteiger partial charge < -0.3 is 14.5 Å². The van der Waals surface area contributed by atoms with Crippen LogP contribution in [0.5, 0.6) is 0 Å². The van der Waals surface area contributed by atoms with Gasteiger partial charge in [-0.25, -0.2) is 9.78 Å². The predicted octanol–water partition coefficient (Wildman–Crippen LogP) is 2.76. The van der Waals surface area contributed by atoms with Gasteiger partial charge in [-0.15, -0.1) is 0 Å². The fourth-order valence-electron chi connectivity index (χ4n) is 3.46. The predicted molar refractivity (Wildman–Crippen MR) is 86.2 cm³/mol. The van der Waals surface area contributed by atoms with Gasteiger partial charge in [-0.1, -0.05) is 6.07 Å². The molecule has 2 aliphatic heterocycles. The van der Waals surface area contributed by atoms with Crippen LogP contribution in [0.3, 0.4) is 0 Å². The van der Waals surface area contributed by atoms with Gasteiger partial charge in [0.15, 0.2) is 0 Å². The molecule has 22 heavy (non-hydrogen) atoms. The highest BCUT2D eigenvalue weighted by Crippen LogP contribution is 2.35. The Bertz CT molecular complexity index is 594. The van der Waals surface area contributed by atoms with E-state index < -0.39 is 5.60 Å². The van der Waals surface area contributed by atoms with Gasteiger partial charge in [0.05, 0.1) is 6.04 Å². The first-order chi connectivity index (χ1) is 10.2. The standard InChI is InChI=1S/C17H25N3O2/c1-11-6-13-7-14-10-19(16(21)22-17(3,4)5)9-12(2)20(14)15(13)18-8-11/h6,8,12,14H,7,9-10H2,1-5H3/t12-,14-/m1/s1. The van der Waals surface area contributed by atoms with Crippen LogP contribution in [0.2, 0.25) is 0 Å². The quantitative estimate of drug-likeness (QED) is 0.739. The van der Waals surface area contributed by atoms with Crippen molar-refractivity contribution in [2.75, 3.05) is 18.0 Å². The lowest BCUT2D eigenvalue weighted by molar-refractivity contribution is 0.0191. The molecule has 0 N–H and O–H groups in total. The number of aromatic nitrogens is 1.